The van der Waals surface area contributed by atoms with E-state index in [-0.39, 0.29) is 12.5 Å². The Bertz CT molecular complexity index is 961. The Hall–Kier alpha value is -2.51. The highest BCUT2D eigenvalue weighted by atomic mass is 79.9. The molecule has 0 fully saturated rings. The molecule has 0 bridgehead atoms. The molecule has 0 saturated carbocycles. The van der Waals surface area contributed by atoms with E-state index >= 15 is 0 Å². The van der Waals surface area contributed by atoms with E-state index in [9.17, 15) is 4.79 Å². The van der Waals surface area contributed by atoms with Crippen LogP contribution in [0.25, 0.3) is 0 Å². The molecule has 0 unspecified atom stereocenters. The number of hydrogen-bond donors (Lipinski definition) is 2. The van der Waals surface area contributed by atoms with Crippen LogP contribution in [0.15, 0.2) is 75.7 Å². The molecule has 0 aromatic heterocycles. The van der Waals surface area contributed by atoms with E-state index in [0.29, 0.717) is 18.0 Å². The summed E-state index contributed by atoms with van der Waals surface area (Å²) in [5.41, 5.74) is 2.82. The molecule has 3 aromatic rings. The summed E-state index contributed by atoms with van der Waals surface area (Å²) in [5.74, 6) is 1.11. The van der Waals surface area contributed by atoms with Gasteiger partial charge in [-0.1, -0.05) is 22.0 Å². The van der Waals surface area contributed by atoms with Crippen molar-refractivity contribution in [3.05, 3.63) is 81.2 Å². The molecule has 5 nitrogen and oxygen atoms in total. The van der Waals surface area contributed by atoms with Crippen molar-refractivity contribution >= 4 is 49.1 Å². The third-order valence-electron chi connectivity index (χ3n) is 4.07. The number of carbonyl (C=O) groups excluding carboxylic acids is 1. The average molecular weight is 520 g/mol. The lowest BCUT2D eigenvalue weighted by Gasteiger charge is -2.11. The monoisotopic (exact) mass is 518 g/mol. The predicted molar refractivity (Wildman–Crippen MR) is 123 cm³/mol. The molecule has 0 aliphatic heterocycles. The number of halogens is 2. The molecule has 0 saturated heterocycles. The van der Waals surface area contributed by atoms with E-state index in [1.807, 2.05) is 42.5 Å². The number of benzene rings is 3. The molecule has 0 aliphatic carbocycles. The zero-order chi connectivity index (χ0) is 20.6. The second-order valence-electron chi connectivity index (χ2n) is 6.19. The summed E-state index contributed by atoms with van der Waals surface area (Å²) in [7, 11) is 1.60. The molecule has 3 aromatic carbocycles. The molecule has 29 heavy (non-hydrogen) atoms. The Morgan fingerprint density at radius 1 is 0.931 bits per heavy atom. The zero-order valence-electron chi connectivity index (χ0n) is 15.7. The summed E-state index contributed by atoms with van der Waals surface area (Å²) in [6.07, 6.45) is 0. The highest BCUT2D eigenvalue weighted by Crippen LogP contribution is 2.26. The van der Waals surface area contributed by atoms with E-state index in [0.717, 1.165) is 25.9 Å². The number of hydrogen-bond acceptors (Lipinski definition) is 4. The summed E-state index contributed by atoms with van der Waals surface area (Å²) in [4.78, 5) is 12.1. The molecule has 150 valence electrons. The summed E-state index contributed by atoms with van der Waals surface area (Å²) < 4.78 is 12.6. The quantitative estimate of drug-likeness (QED) is 0.392. The van der Waals surface area contributed by atoms with Gasteiger partial charge in [-0.15, -0.1) is 0 Å². The van der Waals surface area contributed by atoms with Crippen molar-refractivity contribution in [3.8, 4) is 11.5 Å². The van der Waals surface area contributed by atoms with Crippen molar-refractivity contribution in [1.82, 2.24) is 0 Å². The lowest BCUT2D eigenvalue weighted by molar-refractivity contribution is -0.118. The lowest BCUT2D eigenvalue weighted by atomic mass is 10.2. The maximum atomic E-state index is 12.1. The number of carbonyl (C=O) groups is 1. The minimum Gasteiger partial charge on any atom is -0.497 e. The van der Waals surface area contributed by atoms with Gasteiger partial charge in [-0.25, -0.2) is 0 Å². The molecular formula is C22H20Br2N2O3. The van der Waals surface area contributed by atoms with Gasteiger partial charge >= 0.3 is 0 Å². The van der Waals surface area contributed by atoms with Gasteiger partial charge in [0.2, 0.25) is 0 Å². The van der Waals surface area contributed by atoms with Crippen LogP contribution in [-0.2, 0) is 11.3 Å². The number of amides is 1. The van der Waals surface area contributed by atoms with Crippen molar-refractivity contribution in [1.29, 1.82) is 0 Å². The van der Waals surface area contributed by atoms with E-state index in [2.05, 4.69) is 42.5 Å². The van der Waals surface area contributed by atoms with Crippen LogP contribution in [-0.4, -0.2) is 19.6 Å². The summed E-state index contributed by atoms with van der Waals surface area (Å²) >= 11 is 6.94. The van der Waals surface area contributed by atoms with E-state index in [4.69, 9.17) is 9.47 Å². The van der Waals surface area contributed by atoms with E-state index < -0.39 is 0 Å². The first-order valence-electron chi connectivity index (χ1n) is 8.88. The molecule has 0 heterocycles. The molecule has 7 heteroatoms. The minimum absolute atomic E-state index is 0.0822. The fourth-order valence-corrected chi connectivity index (χ4v) is 3.36. The van der Waals surface area contributed by atoms with Gasteiger partial charge in [0.15, 0.2) is 6.61 Å². The standard InChI is InChI=1S/C22H20Br2N2O3/c1-28-19-9-7-18(8-10-19)26-22(27)14-29-21-11-2-15(12-20(21)24)13-25-17-5-3-16(23)4-6-17/h2-12,25H,13-14H2,1H3,(H,26,27). The van der Waals surface area contributed by atoms with Crippen LogP contribution in [0.1, 0.15) is 5.56 Å². The average Bonchev–Trinajstić information content (AvgIpc) is 2.73. The summed E-state index contributed by atoms with van der Waals surface area (Å²) in [6, 6.07) is 20.9. The third kappa shape index (κ3) is 6.51. The van der Waals surface area contributed by atoms with Crippen molar-refractivity contribution in [2.75, 3.05) is 24.4 Å². The van der Waals surface area contributed by atoms with Crippen molar-refractivity contribution < 1.29 is 14.3 Å². The highest BCUT2D eigenvalue weighted by molar-refractivity contribution is 9.10. The Labute approximate surface area is 186 Å². The molecule has 3 rings (SSSR count). The number of rotatable bonds is 8. The number of ether oxygens (including phenoxy) is 2. The molecule has 0 atom stereocenters. The van der Waals surface area contributed by atoms with Crippen LogP contribution in [0, 0.1) is 0 Å². The van der Waals surface area contributed by atoms with Crippen LogP contribution in [0.4, 0.5) is 11.4 Å². The maximum absolute atomic E-state index is 12.1. The number of methoxy groups -OCH3 is 1. The van der Waals surface area contributed by atoms with Crippen molar-refractivity contribution in [2.24, 2.45) is 0 Å². The van der Waals surface area contributed by atoms with Gasteiger partial charge in [0, 0.05) is 22.4 Å². The fourth-order valence-electron chi connectivity index (χ4n) is 2.56. The second kappa shape index (κ2) is 10.3. The molecular weight excluding hydrogens is 500 g/mol. The summed E-state index contributed by atoms with van der Waals surface area (Å²) in [5, 5.41) is 6.15. The van der Waals surface area contributed by atoms with Gasteiger partial charge in [-0.05, 0) is 82.2 Å². The SMILES string of the molecule is COc1ccc(NC(=O)COc2ccc(CNc3ccc(Br)cc3)cc2Br)cc1. The first kappa shape index (κ1) is 21.2. The second-order valence-corrected chi connectivity index (χ2v) is 7.96. The zero-order valence-corrected chi connectivity index (χ0v) is 18.9. The molecule has 1 amide bonds. The van der Waals surface area contributed by atoms with Gasteiger partial charge < -0.3 is 20.1 Å². The minimum atomic E-state index is -0.233. The summed E-state index contributed by atoms with van der Waals surface area (Å²) in [6.45, 7) is 0.597. The lowest BCUT2D eigenvalue weighted by Crippen LogP contribution is -2.20. The smallest absolute Gasteiger partial charge is 0.262 e. The Morgan fingerprint density at radius 2 is 1.62 bits per heavy atom. The predicted octanol–water partition coefficient (Wildman–Crippen LogP) is 5.85. The van der Waals surface area contributed by atoms with Gasteiger partial charge in [-0.3, -0.25) is 4.79 Å². The highest BCUT2D eigenvalue weighted by Gasteiger charge is 2.08. The Balaban J connectivity index is 1.50. The largest absolute Gasteiger partial charge is 0.497 e. The topological polar surface area (TPSA) is 59.6 Å². The van der Waals surface area contributed by atoms with Crippen molar-refractivity contribution in [2.45, 2.75) is 6.54 Å². The number of nitrogens with one attached hydrogen (secondary N) is 2. The van der Waals surface area contributed by atoms with Crippen LogP contribution < -0.4 is 20.1 Å². The Morgan fingerprint density at radius 3 is 2.28 bits per heavy atom. The van der Waals surface area contributed by atoms with Crippen LogP contribution >= 0.6 is 31.9 Å². The third-order valence-corrected chi connectivity index (χ3v) is 5.22. The van der Waals surface area contributed by atoms with Gasteiger partial charge in [0.05, 0.1) is 11.6 Å². The van der Waals surface area contributed by atoms with Crippen LogP contribution in [0.2, 0.25) is 0 Å². The van der Waals surface area contributed by atoms with Gasteiger partial charge in [-0.2, -0.15) is 0 Å². The normalized spacial score (nSPS) is 10.3. The number of anilines is 2. The maximum Gasteiger partial charge on any atom is 0.262 e. The molecule has 0 spiro atoms. The first-order valence-corrected chi connectivity index (χ1v) is 10.5. The molecule has 0 aliphatic rings. The van der Waals surface area contributed by atoms with Crippen LogP contribution in [0.5, 0.6) is 11.5 Å². The van der Waals surface area contributed by atoms with Crippen LogP contribution in [0.3, 0.4) is 0 Å². The first-order chi connectivity index (χ1) is 14.0. The molecule has 0 radical (unpaired) electrons. The van der Waals surface area contributed by atoms with E-state index in [1.165, 1.54) is 0 Å². The van der Waals surface area contributed by atoms with Crippen molar-refractivity contribution in [3.63, 3.8) is 0 Å². The fraction of sp³-hybridized carbons (Fsp3) is 0.136. The Kier molecular flexibility index (Phi) is 7.55. The molecule has 2 N–H and O–H groups in total. The van der Waals surface area contributed by atoms with Gasteiger partial charge in [0.25, 0.3) is 5.91 Å². The van der Waals surface area contributed by atoms with Gasteiger partial charge in [0.1, 0.15) is 11.5 Å². The van der Waals surface area contributed by atoms with E-state index in [1.54, 1.807) is 31.4 Å².